The maximum Gasteiger partial charge on any atom is 0.246 e. The molecule has 1 aromatic carbocycles. The van der Waals surface area contributed by atoms with Crippen LogP contribution in [0.4, 0.5) is 0 Å². The van der Waals surface area contributed by atoms with Crippen molar-refractivity contribution in [1.82, 2.24) is 4.90 Å². The van der Waals surface area contributed by atoms with Crippen LogP contribution in [0.25, 0.3) is 0 Å². The number of likely N-dealkylation sites (N-methyl/N-ethyl adjacent to an activating group) is 1. The van der Waals surface area contributed by atoms with Crippen molar-refractivity contribution in [3.8, 4) is 5.75 Å². The Bertz CT molecular complexity index is 513. The van der Waals surface area contributed by atoms with Gasteiger partial charge in [-0.2, -0.15) is 0 Å². The first kappa shape index (κ1) is 13.9. The second kappa shape index (κ2) is 5.66. The predicted octanol–water partition coefficient (Wildman–Crippen LogP) is 3.37. The summed E-state index contributed by atoms with van der Waals surface area (Å²) in [6.45, 7) is 3.54. The van der Waals surface area contributed by atoms with Crippen LogP contribution in [-0.2, 0) is 11.2 Å². The summed E-state index contributed by atoms with van der Waals surface area (Å²) in [5, 5.41) is 0.698. The van der Waals surface area contributed by atoms with Gasteiger partial charge in [-0.1, -0.05) is 18.2 Å². The van der Waals surface area contributed by atoms with E-state index in [1.165, 1.54) is 6.08 Å². The number of carbonyl (C=O) groups excluding carboxylic acids is 1. The molecule has 1 amide bonds. The zero-order chi connectivity index (χ0) is 14.0. The fourth-order valence-electron chi connectivity index (χ4n) is 2.73. The van der Waals surface area contributed by atoms with Crippen molar-refractivity contribution in [1.29, 1.82) is 0 Å². The number of hydrogen-bond acceptors (Lipinski definition) is 2. The Morgan fingerprint density at radius 1 is 1.58 bits per heavy atom. The van der Waals surface area contributed by atoms with Gasteiger partial charge in [-0.15, -0.1) is 0 Å². The molecule has 0 aromatic heterocycles. The van der Waals surface area contributed by atoms with Crippen LogP contribution in [0.5, 0.6) is 5.75 Å². The molecule has 0 spiro atoms. The van der Waals surface area contributed by atoms with Gasteiger partial charge in [0.1, 0.15) is 5.75 Å². The van der Waals surface area contributed by atoms with Gasteiger partial charge in [-0.3, -0.25) is 4.79 Å². The average Bonchev–Trinajstić information content (AvgIpc) is 2.45. The normalized spacial score (nSPS) is 17.5. The van der Waals surface area contributed by atoms with Gasteiger partial charge in [-0.25, -0.2) is 0 Å². The van der Waals surface area contributed by atoms with Gasteiger partial charge in [0.05, 0.1) is 13.2 Å². The average molecular weight is 280 g/mol. The molecule has 0 saturated carbocycles. The first-order valence-electron chi connectivity index (χ1n) is 6.34. The van der Waals surface area contributed by atoms with E-state index in [1.807, 2.05) is 12.1 Å². The third-order valence-corrected chi connectivity index (χ3v) is 4.04. The SMILES string of the molecule is C=CC(=O)N(C)[C@@H]1CCCc2c(OC)ccc(Cl)c21. The van der Waals surface area contributed by atoms with E-state index < -0.39 is 0 Å². The minimum atomic E-state index is -0.0864. The molecule has 0 unspecified atom stereocenters. The molecule has 1 aliphatic carbocycles. The summed E-state index contributed by atoms with van der Waals surface area (Å²) >= 11 is 6.34. The van der Waals surface area contributed by atoms with Gasteiger partial charge in [0.15, 0.2) is 0 Å². The van der Waals surface area contributed by atoms with Crippen molar-refractivity contribution in [2.45, 2.75) is 25.3 Å². The quantitative estimate of drug-likeness (QED) is 0.794. The van der Waals surface area contributed by atoms with Crippen LogP contribution in [0.15, 0.2) is 24.8 Å². The number of halogens is 1. The van der Waals surface area contributed by atoms with E-state index in [1.54, 1.807) is 19.1 Å². The van der Waals surface area contributed by atoms with Crippen molar-refractivity contribution in [2.75, 3.05) is 14.2 Å². The van der Waals surface area contributed by atoms with Crippen molar-refractivity contribution in [3.63, 3.8) is 0 Å². The van der Waals surface area contributed by atoms with E-state index in [4.69, 9.17) is 16.3 Å². The number of nitrogens with zero attached hydrogens (tertiary/aromatic N) is 1. The standard InChI is InChI=1S/C15H18ClNO2/c1-4-14(18)17(2)12-7-5-6-10-13(19-3)9-8-11(16)15(10)12/h4,8-9,12H,1,5-7H2,2-3H3/t12-/m1/s1. The monoisotopic (exact) mass is 279 g/mol. The van der Waals surface area contributed by atoms with Crippen LogP contribution in [0.2, 0.25) is 5.02 Å². The number of methoxy groups -OCH3 is 1. The van der Waals surface area contributed by atoms with E-state index in [-0.39, 0.29) is 11.9 Å². The fourth-order valence-corrected chi connectivity index (χ4v) is 3.03. The van der Waals surface area contributed by atoms with Crippen LogP contribution in [0.3, 0.4) is 0 Å². The van der Waals surface area contributed by atoms with Gasteiger partial charge in [0, 0.05) is 23.2 Å². The second-order valence-electron chi connectivity index (χ2n) is 4.70. The van der Waals surface area contributed by atoms with Gasteiger partial charge >= 0.3 is 0 Å². The Morgan fingerprint density at radius 3 is 2.95 bits per heavy atom. The first-order valence-corrected chi connectivity index (χ1v) is 6.72. The Hall–Kier alpha value is -1.48. The highest BCUT2D eigenvalue weighted by atomic mass is 35.5. The third-order valence-electron chi connectivity index (χ3n) is 3.71. The smallest absolute Gasteiger partial charge is 0.246 e. The van der Waals surface area contributed by atoms with Crippen LogP contribution in [0, 0.1) is 0 Å². The predicted molar refractivity (Wildman–Crippen MR) is 76.7 cm³/mol. The number of amides is 1. The van der Waals surface area contributed by atoms with Crippen molar-refractivity contribution >= 4 is 17.5 Å². The maximum atomic E-state index is 11.8. The van der Waals surface area contributed by atoms with Crippen molar-refractivity contribution in [2.24, 2.45) is 0 Å². The summed E-state index contributed by atoms with van der Waals surface area (Å²) in [7, 11) is 3.45. The minimum Gasteiger partial charge on any atom is -0.496 e. The van der Waals surface area contributed by atoms with Crippen molar-refractivity contribution in [3.05, 3.63) is 40.9 Å². The van der Waals surface area contributed by atoms with Gasteiger partial charge in [-0.05, 0) is 37.5 Å². The molecule has 0 heterocycles. The molecule has 102 valence electrons. The first-order chi connectivity index (χ1) is 9.10. The summed E-state index contributed by atoms with van der Waals surface area (Å²) in [5.74, 6) is 0.764. The Labute approximate surface area is 118 Å². The van der Waals surface area contributed by atoms with Crippen LogP contribution < -0.4 is 4.74 Å². The molecule has 0 aliphatic heterocycles. The summed E-state index contributed by atoms with van der Waals surface area (Å²) in [4.78, 5) is 13.5. The Balaban J connectivity index is 2.49. The highest BCUT2D eigenvalue weighted by Crippen LogP contribution is 2.42. The highest BCUT2D eigenvalue weighted by Gasteiger charge is 2.29. The van der Waals surface area contributed by atoms with Gasteiger partial charge in [0.2, 0.25) is 5.91 Å². The van der Waals surface area contributed by atoms with E-state index in [2.05, 4.69) is 6.58 Å². The number of fused-ring (bicyclic) bond motifs is 1. The number of rotatable bonds is 3. The lowest BCUT2D eigenvalue weighted by Crippen LogP contribution is -2.32. The molecule has 0 radical (unpaired) electrons. The second-order valence-corrected chi connectivity index (χ2v) is 5.11. The van der Waals surface area contributed by atoms with E-state index in [0.717, 1.165) is 36.1 Å². The number of benzene rings is 1. The maximum absolute atomic E-state index is 11.8. The highest BCUT2D eigenvalue weighted by molar-refractivity contribution is 6.31. The molecule has 0 bridgehead atoms. The molecule has 1 atom stereocenters. The van der Waals surface area contributed by atoms with E-state index in [9.17, 15) is 4.79 Å². The molecule has 4 heteroatoms. The molecular weight excluding hydrogens is 262 g/mol. The Morgan fingerprint density at radius 2 is 2.32 bits per heavy atom. The van der Waals surface area contributed by atoms with Crippen LogP contribution >= 0.6 is 11.6 Å². The van der Waals surface area contributed by atoms with Gasteiger partial charge in [0.25, 0.3) is 0 Å². The van der Waals surface area contributed by atoms with Crippen LogP contribution in [-0.4, -0.2) is 25.0 Å². The molecular formula is C15H18ClNO2. The molecule has 1 aliphatic rings. The molecule has 19 heavy (non-hydrogen) atoms. The molecule has 2 rings (SSSR count). The molecule has 0 N–H and O–H groups in total. The topological polar surface area (TPSA) is 29.5 Å². The molecule has 0 fully saturated rings. The summed E-state index contributed by atoms with van der Waals surface area (Å²) < 4.78 is 5.40. The van der Waals surface area contributed by atoms with E-state index >= 15 is 0 Å². The van der Waals surface area contributed by atoms with Gasteiger partial charge < -0.3 is 9.64 Å². The van der Waals surface area contributed by atoms with Crippen LogP contribution in [0.1, 0.15) is 30.0 Å². The zero-order valence-corrected chi connectivity index (χ0v) is 12.0. The lowest BCUT2D eigenvalue weighted by Gasteiger charge is -2.34. The zero-order valence-electron chi connectivity index (χ0n) is 11.3. The summed E-state index contributed by atoms with van der Waals surface area (Å²) in [6.07, 6.45) is 4.20. The third kappa shape index (κ3) is 2.47. The minimum absolute atomic E-state index is 0.00292. The number of carbonyl (C=O) groups is 1. The lowest BCUT2D eigenvalue weighted by molar-refractivity contribution is -0.127. The lowest BCUT2D eigenvalue weighted by atomic mass is 9.86. The largest absolute Gasteiger partial charge is 0.496 e. The Kier molecular flexibility index (Phi) is 4.15. The molecule has 0 saturated heterocycles. The van der Waals surface area contributed by atoms with Crippen molar-refractivity contribution < 1.29 is 9.53 Å². The summed E-state index contributed by atoms with van der Waals surface area (Å²) in [6, 6.07) is 3.72. The summed E-state index contributed by atoms with van der Waals surface area (Å²) in [5.41, 5.74) is 2.14. The fraction of sp³-hybridized carbons (Fsp3) is 0.400. The molecule has 1 aromatic rings. The van der Waals surface area contributed by atoms with E-state index in [0.29, 0.717) is 5.02 Å². The molecule has 3 nitrogen and oxygen atoms in total. The number of ether oxygens (including phenoxy) is 1. The number of hydrogen-bond donors (Lipinski definition) is 0.